The first-order valence-electron chi connectivity index (χ1n) is 9.77. The van der Waals surface area contributed by atoms with Crippen LogP contribution in [-0.4, -0.2) is 15.9 Å². The Balaban J connectivity index is 1.30. The van der Waals surface area contributed by atoms with Crippen molar-refractivity contribution in [2.24, 2.45) is 0 Å². The molecule has 0 atom stereocenters. The summed E-state index contributed by atoms with van der Waals surface area (Å²) in [6.45, 7) is 3.91. The number of benzene rings is 2. The third kappa shape index (κ3) is 4.66. The Morgan fingerprint density at radius 1 is 0.967 bits per heavy atom. The summed E-state index contributed by atoms with van der Waals surface area (Å²) < 4.78 is 16.8. The lowest BCUT2D eigenvalue weighted by molar-refractivity contribution is -0.145. The van der Waals surface area contributed by atoms with Crippen molar-refractivity contribution < 1.29 is 18.4 Å². The van der Waals surface area contributed by atoms with Gasteiger partial charge in [-0.1, -0.05) is 48.0 Å². The van der Waals surface area contributed by atoms with Crippen LogP contribution < -0.4 is 0 Å². The van der Waals surface area contributed by atoms with Crippen LogP contribution in [-0.2, 0) is 22.6 Å². The summed E-state index contributed by atoms with van der Waals surface area (Å²) in [5.41, 5.74) is 3.63. The quantitative estimate of drug-likeness (QED) is 0.391. The van der Waals surface area contributed by atoms with Crippen molar-refractivity contribution in [1.82, 2.24) is 9.97 Å². The summed E-state index contributed by atoms with van der Waals surface area (Å²) in [5.74, 6) is 2.00. The van der Waals surface area contributed by atoms with Crippen LogP contribution in [0.25, 0.3) is 22.8 Å². The van der Waals surface area contributed by atoms with E-state index in [-0.39, 0.29) is 19.0 Å². The first-order valence-corrected chi connectivity index (χ1v) is 9.77. The number of ether oxygens (including phenoxy) is 1. The van der Waals surface area contributed by atoms with E-state index in [1.54, 1.807) is 6.20 Å². The highest BCUT2D eigenvalue weighted by Gasteiger charge is 2.14. The maximum Gasteiger partial charge on any atom is 0.306 e. The predicted molar refractivity (Wildman–Crippen MR) is 111 cm³/mol. The van der Waals surface area contributed by atoms with E-state index in [9.17, 15) is 4.79 Å². The van der Waals surface area contributed by atoms with Crippen LogP contribution in [0, 0.1) is 13.8 Å². The maximum atomic E-state index is 12.1. The van der Waals surface area contributed by atoms with E-state index in [1.165, 1.54) is 5.56 Å². The molecule has 4 aromatic rings. The second-order valence-electron chi connectivity index (χ2n) is 7.03. The molecule has 0 saturated carbocycles. The minimum Gasteiger partial charge on any atom is -0.459 e. The Morgan fingerprint density at radius 3 is 2.50 bits per heavy atom. The number of rotatable bonds is 7. The summed E-state index contributed by atoms with van der Waals surface area (Å²) in [7, 11) is 0. The van der Waals surface area contributed by atoms with Gasteiger partial charge in [0.1, 0.15) is 18.1 Å². The second kappa shape index (κ2) is 8.78. The zero-order chi connectivity index (χ0) is 20.9. The molecule has 0 bridgehead atoms. The minimum absolute atomic E-state index is 0.0706. The van der Waals surface area contributed by atoms with Gasteiger partial charge in [0, 0.05) is 17.5 Å². The van der Waals surface area contributed by atoms with E-state index >= 15 is 0 Å². The van der Waals surface area contributed by atoms with E-state index in [4.69, 9.17) is 13.6 Å². The normalized spacial score (nSPS) is 10.9. The van der Waals surface area contributed by atoms with Gasteiger partial charge in [-0.3, -0.25) is 4.79 Å². The third-order valence-corrected chi connectivity index (χ3v) is 4.72. The SMILES string of the molecule is Cc1ccc(-c2cnc(CCC(=O)OCc3nc(-c4ccccc4)oc3C)o2)cc1. The van der Waals surface area contributed by atoms with E-state index in [2.05, 4.69) is 9.97 Å². The smallest absolute Gasteiger partial charge is 0.306 e. The van der Waals surface area contributed by atoms with Crippen LogP contribution in [0.15, 0.2) is 69.6 Å². The molecule has 0 spiro atoms. The number of hydrogen-bond acceptors (Lipinski definition) is 6. The van der Waals surface area contributed by atoms with Crippen molar-refractivity contribution in [3.63, 3.8) is 0 Å². The van der Waals surface area contributed by atoms with Gasteiger partial charge in [-0.15, -0.1) is 0 Å². The zero-order valence-corrected chi connectivity index (χ0v) is 16.9. The molecule has 6 heteroatoms. The molecule has 4 rings (SSSR count). The molecule has 0 saturated heterocycles. The van der Waals surface area contributed by atoms with Crippen molar-refractivity contribution in [3.8, 4) is 22.8 Å². The first-order chi connectivity index (χ1) is 14.6. The van der Waals surface area contributed by atoms with E-state index < -0.39 is 0 Å². The fourth-order valence-corrected chi connectivity index (χ4v) is 2.97. The lowest BCUT2D eigenvalue weighted by Crippen LogP contribution is -2.06. The molecular weight excluding hydrogens is 380 g/mol. The number of carbonyl (C=O) groups is 1. The molecule has 0 amide bonds. The molecule has 0 N–H and O–H groups in total. The molecule has 0 aliphatic carbocycles. The molecule has 0 aliphatic rings. The van der Waals surface area contributed by atoms with Gasteiger partial charge in [0.05, 0.1) is 12.6 Å². The molecule has 0 radical (unpaired) electrons. The fraction of sp³-hybridized carbons (Fsp3) is 0.208. The lowest BCUT2D eigenvalue weighted by Gasteiger charge is -2.02. The number of carbonyl (C=O) groups excluding carboxylic acids is 1. The van der Waals surface area contributed by atoms with Gasteiger partial charge in [0.2, 0.25) is 5.89 Å². The summed E-state index contributed by atoms with van der Waals surface area (Å²) in [4.78, 5) is 20.8. The molecular formula is C24H22N2O4. The first kappa shape index (κ1) is 19.6. The highest BCUT2D eigenvalue weighted by Crippen LogP contribution is 2.23. The van der Waals surface area contributed by atoms with E-state index in [1.807, 2.05) is 68.4 Å². The molecule has 0 aliphatic heterocycles. The van der Waals surface area contributed by atoms with Gasteiger partial charge in [-0.25, -0.2) is 9.97 Å². The van der Waals surface area contributed by atoms with Crippen LogP contribution in [0.4, 0.5) is 0 Å². The third-order valence-electron chi connectivity index (χ3n) is 4.72. The summed E-state index contributed by atoms with van der Waals surface area (Å²) in [5, 5.41) is 0. The molecule has 0 fully saturated rings. The Labute approximate surface area is 174 Å². The van der Waals surface area contributed by atoms with Crippen LogP contribution in [0.1, 0.15) is 29.3 Å². The molecule has 152 valence electrons. The molecule has 0 unspecified atom stereocenters. The van der Waals surface area contributed by atoms with Gasteiger partial charge >= 0.3 is 5.97 Å². The average Bonchev–Trinajstić information content (AvgIpc) is 3.39. The highest BCUT2D eigenvalue weighted by molar-refractivity contribution is 5.69. The number of hydrogen-bond donors (Lipinski definition) is 0. The Hall–Kier alpha value is -3.67. The summed E-state index contributed by atoms with van der Waals surface area (Å²) >= 11 is 0. The van der Waals surface area contributed by atoms with Gasteiger partial charge in [0.25, 0.3) is 0 Å². The van der Waals surface area contributed by atoms with Crippen molar-refractivity contribution in [1.29, 1.82) is 0 Å². The van der Waals surface area contributed by atoms with Crippen LogP contribution in [0.3, 0.4) is 0 Å². The second-order valence-corrected chi connectivity index (χ2v) is 7.03. The minimum atomic E-state index is -0.339. The molecule has 6 nitrogen and oxygen atoms in total. The molecule has 2 heterocycles. The fourth-order valence-electron chi connectivity index (χ4n) is 2.97. The monoisotopic (exact) mass is 402 g/mol. The van der Waals surface area contributed by atoms with Crippen LogP contribution >= 0.6 is 0 Å². The van der Waals surface area contributed by atoms with E-state index in [0.717, 1.165) is 11.1 Å². The number of aryl methyl sites for hydroxylation is 3. The molecule has 2 aromatic heterocycles. The molecule has 2 aromatic carbocycles. The van der Waals surface area contributed by atoms with E-state index in [0.29, 0.717) is 35.4 Å². The van der Waals surface area contributed by atoms with Crippen molar-refractivity contribution in [3.05, 3.63) is 83.7 Å². The van der Waals surface area contributed by atoms with Crippen LogP contribution in [0.5, 0.6) is 0 Å². The predicted octanol–water partition coefficient (Wildman–Crippen LogP) is 5.29. The number of esters is 1. The van der Waals surface area contributed by atoms with Gasteiger partial charge in [-0.2, -0.15) is 0 Å². The maximum absolute atomic E-state index is 12.1. The standard InChI is InChI=1S/C24H22N2O4/c1-16-8-10-18(11-9-16)21-14-25-22(30-21)12-13-23(27)28-15-20-17(2)29-24(26-20)19-6-4-3-5-7-19/h3-11,14H,12-13,15H2,1-2H3. The van der Waals surface area contributed by atoms with Crippen LogP contribution in [0.2, 0.25) is 0 Å². The largest absolute Gasteiger partial charge is 0.459 e. The summed E-state index contributed by atoms with van der Waals surface area (Å²) in [6.07, 6.45) is 2.23. The summed E-state index contributed by atoms with van der Waals surface area (Å²) in [6, 6.07) is 17.6. The van der Waals surface area contributed by atoms with Crippen molar-refractivity contribution in [2.75, 3.05) is 0 Å². The van der Waals surface area contributed by atoms with Crippen molar-refractivity contribution >= 4 is 5.97 Å². The topological polar surface area (TPSA) is 78.4 Å². The molecule has 30 heavy (non-hydrogen) atoms. The average molecular weight is 402 g/mol. The Kier molecular flexibility index (Phi) is 5.75. The number of aromatic nitrogens is 2. The lowest BCUT2D eigenvalue weighted by atomic mass is 10.1. The van der Waals surface area contributed by atoms with Crippen molar-refractivity contribution in [2.45, 2.75) is 33.3 Å². The van der Waals surface area contributed by atoms with Gasteiger partial charge in [-0.05, 0) is 26.0 Å². The van der Waals surface area contributed by atoms with Gasteiger partial charge < -0.3 is 13.6 Å². The Bertz CT molecular complexity index is 1130. The Morgan fingerprint density at radius 2 is 1.73 bits per heavy atom. The number of oxazole rings is 2. The highest BCUT2D eigenvalue weighted by atomic mass is 16.5. The zero-order valence-electron chi connectivity index (χ0n) is 16.9. The number of nitrogens with zero attached hydrogens (tertiary/aromatic N) is 2. The van der Waals surface area contributed by atoms with Gasteiger partial charge in [0.15, 0.2) is 11.7 Å².